The highest BCUT2D eigenvalue weighted by Crippen LogP contribution is 2.14. The normalized spacial score (nSPS) is 12.0. The van der Waals surface area contributed by atoms with E-state index in [1.807, 2.05) is 31.5 Å². The Morgan fingerprint density at radius 3 is 2.62 bits per heavy atom. The molecule has 1 aromatic rings. The number of hydrogen-bond donors (Lipinski definition) is 1. The summed E-state index contributed by atoms with van der Waals surface area (Å²) in [5.41, 5.74) is 6.43. The van der Waals surface area contributed by atoms with E-state index in [0.717, 1.165) is 12.2 Å². The third-order valence-corrected chi connectivity index (χ3v) is 2.03. The van der Waals surface area contributed by atoms with Crippen LogP contribution >= 0.6 is 0 Å². The van der Waals surface area contributed by atoms with Gasteiger partial charge in [-0.3, -0.25) is 0 Å². The van der Waals surface area contributed by atoms with Gasteiger partial charge in [0.15, 0.2) is 5.95 Å². The summed E-state index contributed by atoms with van der Waals surface area (Å²) in [5.74, 6) is 0.544. The van der Waals surface area contributed by atoms with Gasteiger partial charge in [0.1, 0.15) is 0 Å². The number of methoxy groups -OCH3 is 1. The molecule has 0 bridgehead atoms. The number of nitrogens with two attached hydrogens (primary N) is 1. The van der Waals surface area contributed by atoms with Gasteiger partial charge in [-0.25, -0.2) is 4.98 Å². The summed E-state index contributed by atoms with van der Waals surface area (Å²) >= 11 is 0. The van der Waals surface area contributed by atoms with Crippen molar-refractivity contribution in [2.45, 2.75) is 32.9 Å². The fourth-order valence-electron chi connectivity index (χ4n) is 1.17. The molecule has 0 amide bonds. The lowest BCUT2D eigenvalue weighted by Crippen LogP contribution is -2.29. The Kier molecular flexibility index (Phi) is 2.61. The second kappa shape index (κ2) is 3.38. The van der Waals surface area contributed by atoms with Crippen LogP contribution in [0.2, 0.25) is 0 Å². The molecule has 0 radical (unpaired) electrons. The average molecular weight is 183 g/mol. The summed E-state index contributed by atoms with van der Waals surface area (Å²) in [6.07, 6.45) is 1.93. The summed E-state index contributed by atoms with van der Waals surface area (Å²) in [6.45, 7) is 6.67. The van der Waals surface area contributed by atoms with Gasteiger partial charge in [-0.2, -0.15) is 0 Å². The molecule has 0 atom stereocenters. The van der Waals surface area contributed by atoms with Gasteiger partial charge in [0.25, 0.3) is 0 Å². The Bertz CT molecular complexity index is 291. The number of aryl methyl sites for hydroxylation is 1. The SMILES string of the molecule is COC(C)(C)Cn1cc(C)nc1N. The Hall–Kier alpha value is -1.03. The standard InChI is InChI=1S/C9H17N3O/c1-7-5-12(8(10)11-7)6-9(2,3)13-4/h5H,6H2,1-4H3,(H2,10,11). The first-order valence-corrected chi connectivity index (χ1v) is 4.29. The summed E-state index contributed by atoms with van der Waals surface area (Å²) in [6, 6.07) is 0. The maximum absolute atomic E-state index is 5.70. The fraction of sp³-hybridized carbons (Fsp3) is 0.667. The Morgan fingerprint density at radius 1 is 1.62 bits per heavy atom. The van der Waals surface area contributed by atoms with Crippen LogP contribution in [0.3, 0.4) is 0 Å². The Balaban J connectivity index is 2.79. The first-order valence-electron chi connectivity index (χ1n) is 4.29. The number of nitrogens with zero attached hydrogens (tertiary/aromatic N) is 2. The van der Waals surface area contributed by atoms with Crippen LogP contribution in [-0.2, 0) is 11.3 Å². The van der Waals surface area contributed by atoms with Gasteiger partial charge in [-0.1, -0.05) is 0 Å². The fourth-order valence-corrected chi connectivity index (χ4v) is 1.17. The topological polar surface area (TPSA) is 53.1 Å². The highest BCUT2D eigenvalue weighted by atomic mass is 16.5. The van der Waals surface area contributed by atoms with Gasteiger partial charge in [0, 0.05) is 13.3 Å². The van der Waals surface area contributed by atoms with E-state index in [0.29, 0.717) is 5.95 Å². The first-order chi connectivity index (χ1) is 5.94. The van der Waals surface area contributed by atoms with E-state index in [1.54, 1.807) is 7.11 Å². The number of rotatable bonds is 3. The maximum Gasteiger partial charge on any atom is 0.200 e. The third-order valence-electron chi connectivity index (χ3n) is 2.03. The summed E-state index contributed by atoms with van der Waals surface area (Å²) in [4.78, 5) is 4.11. The van der Waals surface area contributed by atoms with E-state index < -0.39 is 0 Å². The summed E-state index contributed by atoms with van der Waals surface area (Å²) in [5, 5.41) is 0. The minimum absolute atomic E-state index is 0.207. The monoisotopic (exact) mass is 183 g/mol. The lowest BCUT2D eigenvalue weighted by atomic mass is 10.1. The van der Waals surface area contributed by atoms with Gasteiger partial charge >= 0.3 is 0 Å². The van der Waals surface area contributed by atoms with Crippen molar-refractivity contribution in [2.75, 3.05) is 12.8 Å². The molecular formula is C9H17N3O. The lowest BCUT2D eigenvalue weighted by molar-refractivity contribution is 0.00861. The molecule has 4 heteroatoms. The lowest BCUT2D eigenvalue weighted by Gasteiger charge is -2.23. The molecule has 74 valence electrons. The molecule has 0 spiro atoms. The predicted octanol–water partition coefficient (Wildman–Crippen LogP) is 1.20. The summed E-state index contributed by atoms with van der Waals surface area (Å²) in [7, 11) is 1.69. The van der Waals surface area contributed by atoms with Crippen molar-refractivity contribution in [1.29, 1.82) is 0 Å². The molecular weight excluding hydrogens is 166 g/mol. The van der Waals surface area contributed by atoms with Crippen molar-refractivity contribution in [2.24, 2.45) is 0 Å². The largest absolute Gasteiger partial charge is 0.377 e. The van der Waals surface area contributed by atoms with Gasteiger partial charge in [0.2, 0.25) is 0 Å². The van der Waals surface area contributed by atoms with Crippen LogP contribution in [0.1, 0.15) is 19.5 Å². The summed E-state index contributed by atoms with van der Waals surface area (Å²) < 4.78 is 7.20. The first kappa shape index (κ1) is 10.1. The van der Waals surface area contributed by atoms with Crippen molar-refractivity contribution >= 4 is 5.95 Å². The van der Waals surface area contributed by atoms with Crippen molar-refractivity contribution in [3.8, 4) is 0 Å². The number of anilines is 1. The van der Waals surface area contributed by atoms with Gasteiger partial charge in [0.05, 0.1) is 17.8 Å². The second-order valence-corrected chi connectivity index (χ2v) is 3.83. The van der Waals surface area contributed by atoms with Crippen LogP contribution < -0.4 is 5.73 Å². The molecule has 0 aliphatic rings. The van der Waals surface area contributed by atoms with Crippen molar-refractivity contribution < 1.29 is 4.74 Å². The van der Waals surface area contributed by atoms with Crippen LogP contribution in [0.25, 0.3) is 0 Å². The van der Waals surface area contributed by atoms with E-state index in [4.69, 9.17) is 10.5 Å². The molecule has 0 unspecified atom stereocenters. The number of imidazole rings is 1. The van der Waals surface area contributed by atoms with Crippen LogP contribution in [0.15, 0.2) is 6.20 Å². The molecule has 2 N–H and O–H groups in total. The van der Waals surface area contributed by atoms with Crippen molar-refractivity contribution in [3.05, 3.63) is 11.9 Å². The van der Waals surface area contributed by atoms with E-state index >= 15 is 0 Å². The zero-order valence-electron chi connectivity index (χ0n) is 8.66. The number of ether oxygens (including phenoxy) is 1. The van der Waals surface area contributed by atoms with Gasteiger partial charge in [-0.05, 0) is 20.8 Å². The molecule has 1 heterocycles. The zero-order chi connectivity index (χ0) is 10.1. The third kappa shape index (κ3) is 2.45. The molecule has 4 nitrogen and oxygen atoms in total. The average Bonchev–Trinajstić information content (AvgIpc) is 2.30. The van der Waals surface area contributed by atoms with Gasteiger partial charge in [-0.15, -0.1) is 0 Å². The zero-order valence-corrected chi connectivity index (χ0v) is 8.66. The highest BCUT2D eigenvalue weighted by Gasteiger charge is 2.18. The molecule has 0 saturated carbocycles. The van der Waals surface area contributed by atoms with Crippen molar-refractivity contribution in [3.63, 3.8) is 0 Å². The smallest absolute Gasteiger partial charge is 0.200 e. The molecule has 13 heavy (non-hydrogen) atoms. The number of aromatic nitrogens is 2. The molecule has 1 aromatic heterocycles. The number of nitrogen functional groups attached to an aromatic ring is 1. The predicted molar refractivity (Wildman–Crippen MR) is 52.5 cm³/mol. The van der Waals surface area contributed by atoms with Crippen LogP contribution in [0, 0.1) is 6.92 Å². The molecule has 0 fully saturated rings. The molecule has 1 rings (SSSR count). The maximum atomic E-state index is 5.70. The van der Waals surface area contributed by atoms with Crippen LogP contribution in [0.5, 0.6) is 0 Å². The van der Waals surface area contributed by atoms with E-state index in [1.165, 1.54) is 0 Å². The number of hydrogen-bond acceptors (Lipinski definition) is 3. The van der Waals surface area contributed by atoms with Crippen molar-refractivity contribution in [1.82, 2.24) is 9.55 Å². The highest BCUT2D eigenvalue weighted by molar-refractivity contribution is 5.21. The molecule has 0 aliphatic carbocycles. The van der Waals surface area contributed by atoms with Crippen LogP contribution in [0.4, 0.5) is 5.95 Å². The van der Waals surface area contributed by atoms with E-state index in [2.05, 4.69) is 4.98 Å². The minimum Gasteiger partial charge on any atom is -0.377 e. The minimum atomic E-state index is -0.207. The molecule has 0 saturated heterocycles. The van der Waals surface area contributed by atoms with E-state index in [-0.39, 0.29) is 5.60 Å². The Morgan fingerprint density at radius 2 is 2.23 bits per heavy atom. The molecule has 0 aromatic carbocycles. The second-order valence-electron chi connectivity index (χ2n) is 3.83. The van der Waals surface area contributed by atoms with Crippen LogP contribution in [-0.4, -0.2) is 22.3 Å². The Labute approximate surface area is 78.7 Å². The van der Waals surface area contributed by atoms with Gasteiger partial charge < -0.3 is 15.0 Å². The quantitative estimate of drug-likeness (QED) is 0.766. The van der Waals surface area contributed by atoms with E-state index in [9.17, 15) is 0 Å². The molecule has 0 aliphatic heterocycles.